The number of hydrogen-bond donors (Lipinski definition) is 2. The van der Waals surface area contributed by atoms with Gasteiger partial charge in [0.05, 0.1) is 6.42 Å². The van der Waals surface area contributed by atoms with E-state index >= 15 is 0 Å². The van der Waals surface area contributed by atoms with E-state index in [4.69, 9.17) is 10.3 Å². The van der Waals surface area contributed by atoms with Crippen molar-refractivity contribution in [1.29, 1.82) is 0 Å². The van der Waals surface area contributed by atoms with Gasteiger partial charge >= 0.3 is 0 Å². The van der Waals surface area contributed by atoms with Gasteiger partial charge in [-0.05, 0) is 11.6 Å². The number of rotatable bonds is 3. The summed E-state index contributed by atoms with van der Waals surface area (Å²) in [5, 5.41) is 3.86. The summed E-state index contributed by atoms with van der Waals surface area (Å²) in [5.41, 5.74) is 7.54. The van der Waals surface area contributed by atoms with Gasteiger partial charge in [0.1, 0.15) is 0 Å². The van der Waals surface area contributed by atoms with Crippen LogP contribution in [0.15, 0.2) is 41.2 Å². The van der Waals surface area contributed by atoms with Gasteiger partial charge in [-0.1, -0.05) is 23.4 Å². The van der Waals surface area contributed by atoms with Crippen molar-refractivity contribution < 1.29 is 4.52 Å². The van der Waals surface area contributed by atoms with Crippen LogP contribution in [0.3, 0.4) is 0 Å². The topological polar surface area (TPSA) is 93.6 Å². The van der Waals surface area contributed by atoms with Gasteiger partial charge in [-0.15, -0.1) is 0 Å². The van der Waals surface area contributed by atoms with Gasteiger partial charge in [-0.3, -0.25) is 0 Å². The molecule has 0 fully saturated rings. The van der Waals surface area contributed by atoms with E-state index in [1.165, 1.54) is 0 Å². The van der Waals surface area contributed by atoms with Gasteiger partial charge in [0.15, 0.2) is 5.82 Å². The smallest absolute Gasteiger partial charge is 0.238 e. The zero-order valence-corrected chi connectivity index (χ0v) is 9.50. The minimum atomic E-state index is 0.449. The number of aromatic amines is 1. The highest BCUT2D eigenvalue weighted by Crippen LogP contribution is 2.16. The highest BCUT2D eigenvalue weighted by molar-refractivity contribution is 5.48. The number of nitrogens with two attached hydrogens (primary N) is 1. The molecule has 0 saturated carbocycles. The van der Waals surface area contributed by atoms with E-state index in [9.17, 15) is 0 Å². The average Bonchev–Trinajstić information content (AvgIpc) is 3.02. The molecule has 2 heterocycles. The number of benzene rings is 1. The van der Waals surface area contributed by atoms with Crippen LogP contribution in [0.1, 0.15) is 11.5 Å². The zero-order chi connectivity index (χ0) is 12.4. The maximum Gasteiger partial charge on any atom is 0.238 e. The molecule has 0 spiro atoms. The summed E-state index contributed by atoms with van der Waals surface area (Å²) in [5.74, 6) is 1.55. The molecule has 90 valence electrons. The first-order valence-electron chi connectivity index (χ1n) is 5.48. The Kier molecular flexibility index (Phi) is 2.53. The Balaban J connectivity index is 1.85. The molecule has 1 aromatic carbocycles. The lowest BCUT2D eigenvalue weighted by atomic mass is 10.1. The standard InChI is InChI=1S/C12H11N5O/c13-9-4-2-1-3-8(9)7-10-16-12(17-18-10)11-14-5-6-15-11/h1-6H,7,13H2,(H,14,15). The first-order valence-corrected chi connectivity index (χ1v) is 5.48. The molecule has 0 bridgehead atoms. The van der Waals surface area contributed by atoms with Gasteiger partial charge in [-0.2, -0.15) is 4.98 Å². The Hall–Kier alpha value is -2.63. The summed E-state index contributed by atoms with van der Waals surface area (Å²) in [7, 11) is 0. The zero-order valence-electron chi connectivity index (χ0n) is 9.50. The summed E-state index contributed by atoms with van der Waals surface area (Å²) in [6.07, 6.45) is 3.86. The molecule has 0 unspecified atom stereocenters. The second kappa shape index (κ2) is 4.33. The van der Waals surface area contributed by atoms with Gasteiger partial charge in [0, 0.05) is 18.1 Å². The van der Waals surface area contributed by atoms with Crippen molar-refractivity contribution in [3.8, 4) is 11.6 Å². The Morgan fingerprint density at radius 2 is 2.17 bits per heavy atom. The van der Waals surface area contributed by atoms with Gasteiger partial charge in [0.25, 0.3) is 0 Å². The summed E-state index contributed by atoms with van der Waals surface area (Å²) in [6.45, 7) is 0. The van der Waals surface area contributed by atoms with Crippen LogP contribution in [-0.4, -0.2) is 20.1 Å². The number of para-hydroxylation sites is 1. The van der Waals surface area contributed by atoms with Crippen LogP contribution >= 0.6 is 0 Å². The number of H-pyrrole nitrogens is 1. The molecule has 0 aliphatic carbocycles. The van der Waals surface area contributed by atoms with Crippen LogP contribution in [0.5, 0.6) is 0 Å². The Morgan fingerprint density at radius 3 is 2.94 bits per heavy atom. The lowest BCUT2D eigenvalue weighted by molar-refractivity contribution is 0.385. The fourth-order valence-corrected chi connectivity index (χ4v) is 1.67. The molecule has 3 N–H and O–H groups in total. The van der Waals surface area contributed by atoms with Gasteiger partial charge in [-0.25, -0.2) is 4.98 Å². The minimum Gasteiger partial charge on any atom is -0.398 e. The van der Waals surface area contributed by atoms with E-state index < -0.39 is 0 Å². The number of imidazole rings is 1. The van der Waals surface area contributed by atoms with Crippen LogP contribution in [0, 0.1) is 0 Å². The van der Waals surface area contributed by atoms with Crippen LogP contribution in [0.2, 0.25) is 0 Å². The summed E-state index contributed by atoms with van der Waals surface area (Å²) in [6, 6.07) is 7.60. The van der Waals surface area contributed by atoms with E-state index in [2.05, 4.69) is 20.1 Å². The number of nitrogens with one attached hydrogen (secondary N) is 1. The third kappa shape index (κ3) is 1.95. The second-order valence-corrected chi connectivity index (χ2v) is 3.83. The van der Waals surface area contributed by atoms with Crippen molar-refractivity contribution in [2.75, 3.05) is 5.73 Å². The SMILES string of the molecule is Nc1ccccc1Cc1nc(-c2ncc[nH]2)no1. The van der Waals surface area contributed by atoms with Crippen molar-refractivity contribution in [1.82, 2.24) is 20.1 Å². The highest BCUT2D eigenvalue weighted by atomic mass is 16.5. The van der Waals surface area contributed by atoms with Crippen molar-refractivity contribution in [3.05, 3.63) is 48.1 Å². The largest absolute Gasteiger partial charge is 0.398 e. The maximum atomic E-state index is 5.86. The van der Waals surface area contributed by atoms with Gasteiger partial charge in [0.2, 0.25) is 11.7 Å². The molecule has 3 rings (SSSR count). The number of aromatic nitrogens is 4. The molecule has 0 atom stereocenters. The Bertz CT molecular complexity index is 644. The number of anilines is 1. The monoisotopic (exact) mass is 241 g/mol. The van der Waals surface area contributed by atoms with Crippen molar-refractivity contribution >= 4 is 5.69 Å². The fourth-order valence-electron chi connectivity index (χ4n) is 1.67. The third-order valence-corrected chi connectivity index (χ3v) is 2.57. The first-order chi connectivity index (χ1) is 8.83. The highest BCUT2D eigenvalue weighted by Gasteiger charge is 2.11. The lowest BCUT2D eigenvalue weighted by Crippen LogP contribution is -1.95. The molecule has 0 radical (unpaired) electrons. The average molecular weight is 241 g/mol. The predicted octanol–water partition coefficient (Wildman–Crippen LogP) is 1.63. The molecule has 2 aromatic heterocycles. The van der Waals surface area contributed by atoms with Crippen LogP contribution in [0.4, 0.5) is 5.69 Å². The molecule has 6 heteroatoms. The van der Waals surface area contributed by atoms with E-state index in [0.29, 0.717) is 24.0 Å². The van der Waals surface area contributed by atoms with Crippen LogP contribution < -0.4 is 5.73 Å². The van der Waals surface area contributed by atoms with E-state index in [1.54, 1.807) is 12.4 Å². The molecule has 18 heavy (non-hydrogen) atoms. The minimum absolute atomic E-state index is 0.449. The summed E-state index contributed by atoms with van der Waals surface area (Å²) in [4.78, 5) is 11.2. The van der Waals surface area contributed by atoms with Crippen molar-refractivity contribution in [2.45, 2.75) is 6.42 Å². The lowest BCUT2D eigenvalue weighted by Gasteiger charge is -2.00. The van der Waals surface area contributed by atoms with Crippen LogP contribution in [0.25, 0.3) is 11.6 Å². The molecule has 0 aliphatic rings. The first kappa shape index (κ1) is 10.5. The molecule has 6 nitrogen and oxygen atoms in total. The van der Waals surface area contributed by atoms with E-state index in [-0.39, 0.29) is 0 Å². The summed E-state index contributed by atoms with van der Waals surface area (Å²) < 4.78 is 5.17. The molecule has 0 aliphatic heterocycles. The number of hydrogen-bond acceptors (Lipinski definition) is 5. The van der Waals surface area contributed by atoms with Crippen LogP contribution in [-0.2, 0) is 6.42 Å². The number of nitrogen functional groups attached to an aromatic ring is 1. The molecule has 0 saturated heterocycles. The Morgan fingerprint density at radius 1 is 1.28 bits per heavy atom. The maximum absolute atomic E-state index is 5.86. The second-order valence-electron chi connectivity index (χ2n) is 3.83. The normalized spacial score (nSPS) is 10.7. The Labute approximate surface area is 103 Å². The van der Waals surface area contributed by atoms with E-state index in [1.807, 2.05) is 24.3 Å². The molecular formula is C12H11N5O. The predicted molar refractivity (Wildman–Crippen MR) is 65.5 cm³/mol. The quantitative estimate of drug-likeness (QED) is 0.680. The molecular weight excluding hydrogens is 230 g/mol. The summed E-state index contributed by atoms with van der Waals surface area (Å²) >= 11 is 0. The third-order valence-electron chi connectivity index (χ3n) is 2.57. The molecule has 0 amide bonds. The van der Waals surface area contributed by atoms with Gasteiger partial charge < -0.3 is 15.2 Å². The molecule has 3 aromatic rings. The van der Waals surface area contributed by atoms with E-state index in [0.717, 1.165) is 11.3 Å². The number of nitrogens with zero attached hydrogens (tertiary/aromatic N) is 3. The fraction of sp³-hybridized carbons (Fsp3) is 0.0833. The van der Waals surface area contributed by atoms with Crippen molar-refractivity contribution in [2.24, 2.45) is 0 Å². The van der Waals surface area contributed by atoms with Crippen molar-refractivity contribution in [3.63, 3.8) is 0 Å².